The predicted molar refractivity (Wildman–Crippen MR) is 120 cm³/mol. The van der Waals surface area contributed by atoms with E-state index in [2.05, 4.69) is 20.9 Å². The summed E-state index contributed by atoms with van der Waals surface area (Å²) in [7, 11) is 0. The predicted octanol–water partition coefficient (Wildman–Crippen LogP) is 2.32. The van der Waals surface area contributed by atoms with Crippen molar-refractivity contribution >= 4 is 40.3 Å². The molecule has 0 radical (unpaired) electrons. The van der Waals surface area contributed by atoms with Gasteiger partial charge in [-0.3, -0.25) is 24.7 Å². The van der Waals surface area contributed by atoms with Crippen LogP contribution in [-0.2, 0) is 22.7 Å². The van der Waals surface area contributed by atoms with Crippen LogP contribution in [0, 0.1) is 0 Å². The molecule has 0 aliphatic carbocycles. The molecule has 0 spiro atoms. The molecule has 166 valence electrons. The van der Waals surface area contributed by atoms with Crippen LogP contribution in [0.4, 0.5) is 10.5 Å². The minimum Gasteiger partial charge on any atom is -0.334 e. The SMILES string of the molecule is O=C1CCC(N2Cc3cc(CNC(=O)Nc4ccc5ncccc5c4)ccc3C2=O)C(=O)N1. The number of carbonyl (C=O) groups is 4. The van der Waals surface area contributed by atoms with E-state index in [-0.39, 0.29) is 30.8 Å². The number of hydrogen-bond acceptors (Lipinski definition) is 5. The van der Waals surface area contributed by atoms with Gasteiger partial charge in [-0.1, -0.05) is 18.2 Å². The van der Waals surface area contributed by atoms with Crippen LogP contribution in [0.15, 0.2) is 54.7 Å². The number of urea groups is 1. The van der Waals surface area contributed by atoms with Gasteiger partial charge in [-0.15, -0.1) is 0 Å². The summed E-state index contributed by atoms with van der Waals surface area (Å²) < 4.78 is 0. The molecular weight excluding hydrogens is 422 g/mol. The number of nitrogens with zero attached hydrogens (tertiary/aromatic N) is 2. The summed E-state index contributed by atoms with van der Waals surface area (Å²) in [5.41, 5.74) is 3.68. The lowest BCUT2D eigenvalue weighted by atomic mass is 10.0. The van der Waals surface area contributed by atoms with Crippen LogP contribution in [0.1, 0.15) is 34.3 Å². The smallest absolute Gasteiger partial charge is 0.319 e. The van der Waals surface area contributed by atoms with Gasteiger partial charge in [0.25, 0.3) is 5.91 Å². The minimum atomic E-state index is -0.646. The van der Waals surface area contributed by atoms with E-state index in [0.717, 1.165) is 22.0 Å². The number of carbonyl (C=O) groups excluding carboxylic acids is 4. The largest absolute Gasteiger partial charge is 0.334 e. The number of hydrogen-bond donors (Lipinski definition) is 3. The lowest BCUT2D eigenvalue weighted by molar-refractivity contribution is -0.136. The molecule has 9 nitrogen and oxygen atoms in total. The fraction of sp³-hybridized carbons (Fsp3) is 0.208. The van der Waals surface area contributed by atoms with E-state index in [1.54, 1.807) is 24.4 Å². The minimum absolute atomic E-state index is 0.217. The van der Waals surface area contributed by atoms with Crippen molar-refractivity contribution < 1.29 is 19.2 Å². The van der Waals surface area contributed by atoms with E-state index in [1.807, 2.05) is 30.3 Å². The maximum atomic E-state index is 12.8. The lowest BCUT2D eigenvalue weighted by Gasteiger charge is -2.29. The summed E-state index contributed by atoms with van der Waals surface area (Å²) in [6.07, 6.45) is 2.26. The van der Waals surface area contributed by atoms with E-state index in [4.69, 9.17) is 0 Å². The number of pyridine rings is 1. The normalized spacial score (nSPS) is 17.6. The molecule has 2 aliphatic rings. The van der Waals surface area contributed by atoms with Gasteiger partial charge < -0.3 is 15.5 Å². The second kappa shape index (κ2) is 8.34. The van der Waals surface area contributed by atoms with Gasteiger partial charge in [0.15, 0.2) is 0 Å². The Morgan fingerprint density at radius 3 is 2.85 bits per heavy atom. The molecule has 3 N–H and O–H groups in total. The molecule has 5 amide bonds. The average molecular weight is 443 g/mol. The maximum absolute atomic E-state index is 12.8. The van der Waals surface area contributed by atoms with Gasteiger partial charge in [-0.25, -0.2) is 4.79 Å². The van der Waals surface area contributed by atoms with Crippen molar-refractivity contribution in [1.29, 1.82) is 0 Å². The molecule has 1 aromatic heterocycles. The fourth-order valence-corrected chi connectivity index (χ4v) is 4.25. The second-order valence-electron chi connectivity index (χ2n) is 8.11. The summed E-state index contributed by atoms with van der Waals surface area (Å²) in [6.45, 7) is 0.576. The highest BCUT2D eigenvalue weighted by atomic mass is 16.2. The van der Waals surface area contributed by atoms with Crippen molar-refractivity contribution in [2.75, 3.05) is 5.32 Å². The molecule has 0 bridgehead atoms. The van der Waals surface area contributed by atoms with E-state index in [0.29, 0.717) is 24.2 Å². The number of imide groups is 1. The third-order valence-corrected chi connectivity index (χ3v) is 5.90. The highest BCUT2D eigenvalue weighted by molar-refractivity contribution is 6.05. The number of benzene rings is 2. The third kappa shape index (κ3) is 4.12. The van der Waals surface area contributed by atoms with E-state index in [9.17, 15) is 19.2 Å². The zero-order valence-electron chi connectivity index (χ0n) is 17.6. The number of anilines is 1. The van der Waals surface area contributed by atoms with Gasteiger partial charge in [0.2, 0.25) is 11.8 Å². The molecule has 2 aliphatic heterocycles. The van der Waals surface area contributed by atoms with Crippen LogP contribution in [0.25, 0.3) is 10.9 Å². The zero-order valence-corrected chi connectivity index (χ0v) is 17.6. The van der Waals surface area contributed by atoms with E-state index >= 15 is 0 Å². The topological polar surface area (TPSA) is 120 Å². The van der Waals surface area contributed by atoms with Crippen LogP contribution in [0.3, 0.4) is 0 Å². The number of rotatable bonds is 4. The highest BCUT2D eigenvalue weighted by Gasteiger charge is 2.39. The quantitative estimate of drug-likeness (QED) is 0.535. The number of aromatic nitrogens is 1. The third-order valence-electron chi connectivity index (χ3n) is 5.90. The Hall–Kier alpha value is -4.27. The van der Waals surface area contributed by atoms with Gasteiger partial charge in [0, 0.05) is 42.3 Å². The van der Waals surface area contributed by atoms with Crippen LogP contribution in [-0.4, -0.2) is 39.7 Å². The summed E-state index contributed by atoms with van der Waals surface area (Å²) in [5.74, 6) is -0.967. The summed E-state index contributed by atoms with van der Waals surface area (Å²) >= 11 is 0. The lowest BCUT2D eigenvalue weighted by Crippen LogP contribution is -2.52. The van der Waals surface area contributed by atoms with Gasteiger partial charge >= 0.3 is 6.03 Å². The van der Waals surface area contributed by atoms with Crippen molar-refractivity contribution in [3.05, 3.63) is 71.4 Å². The van der Waals surface area contributed by atoms with Gasteiger partial charge in [-0.2, -0.15) is 0 Å². The summed E-state index contributed by atoms with van der Waals surface area (Å²) in [4.78, 5) is 54.5. The molecule has 0 saturated carbocycles. The van der Waals surface area contributed by atoms with Gasteiger partial charge in [0.1, 0.15) is 6.04 Å². The van der Waals surface area contributed by atoms with E-state index in [1.165, 1.54) is 4.90 Å². The average Bonchev–Trinajstić information content (AvgIpc) is 3.13. The first-order chi connectivity index (χ1) is 16.0. The first kappa shape index (κ1) is 20.6. The maximum Gasteiger partial charge on any atom is 0.319 e. The summed E-state index contributed by atoms with van der Waals surface area (Å²) in [6, 6.07) is 13.6. The first-order valence-electron chi connectivity index (χ1n) is 10.6. The Balaban J connectivity index is 1.21. The number of amides is 5. The Morgan fingerprint density at radius 2 is 2.00 bits per heavy atom. The Bertz CT molecular complexity index is 1310. The van der Waals surface area contributed by atoms with Gasteiger partial charge in [-0.05, 0) is 47.9 Å². The molecule has 1 unspecified atom stereocenters. The Labute approximate surface area is 189 Å². The van der Waals surface area contributed by atoms with Crippen LogP contribution < -0.4 is 16.0 Å². The van der Waals surface area contributed by atoms with Crippen molar-refractivity contribution in [1.82, 2.24) is 20.5 Å². The number of fused-ring (bicyclic) bond motifs is 2. The second-order valence-corrected chi connectivity index (χ2v) is 8.11. The van der Waals surface area contributed by atoms with Crippen molar-refractivity contribution in [2.45, 2.75) is 32.0 Å². The highest BCUT2D eigenvalue weighted by Crippen LogP contribution is 2.28. The Kier molecular flexibility index (Phi) is 5.21. The molecule has 1 fully saturated rings. The summed E-state index contributed by atoms with van der Waals surface area (Å²) in [5, 5.41) is 8.86. The molecule has 9 heteroatoms. The molecule has 3 heterocycles. The van der Waals surface area contributed by atoms with Crippen molar-refractivity contribution in [3.63, 3.8) is 0 Å². The van der Waals surface area contributed by atoms with Gasteiger partial charge in [0.05, 0.1) is 5.52 Å². The van der Waals surface area contributed by atoms with Crippen molar-refractivity contribution in [3.8, 4) is 0 Å². The number of piperidine rings is 1. The van der Waals surface area contributed by atoms with Crippen LogP contribution in [0.2, 0.25) is 0 Å². The molecule has 33 heavy (non-hydrogen) atoms. The van der Waals surface area contributed by atoms with Crippen LogP contribution in [0.5, 0.6) is 0 Å². The fourth-order valence-electron chi connectivity index (χ4n) is 4.25. The van der Waals surface area contributed by atoms with Crippen molar-refractivity contribution in [2.24, 2.45) is 0 Å². The zero-order chi connectivity index (χ0) is 22.9. The standard InChI is InChI=1S/C24H21N5O4/c30-21-8-7-20(22(31)28-21)29-13-16-10-14(3-5-18(16)23(29)32)12-26-24(33)27-17-4-6-19-15(11-17)2-1-9-25-19/h1-6,9-11,20H,7-8,12-13H2,(H2,26,27,33)(H,28,30,31). The van der Waals surface area contributed by atoms with Crippen LogP contribution >= 0.6 is 0 Å². The number of nitrogens with one attached hydrogen (secondary N) is 3. The molecular formula is C24H21N5O4. The molecule has 3 aromatic rings. The van der Waals surface area contributed by atoms with E-state index < -0.39 is 11.9 Å². The molecule has 5 rings (SSSR count). The molecule has 1 atom stereocenters. The first-order valence-corrected chi connectivity index (χ1v) is 10.6. The molecule has 1 saturated heterocycles. The Morgan fingerprint density at radius 1 is 1.12 bits per heavy atom. The monoisotopic (exact) mass is 443 g/mol. The molecule has 2 aromatic carbocycles.